The van der Waals surface area contributed by atoms with Crippen molar-refractivity contribution >= 4 is 6.09 Å². The van der Waals surface area contributed by atoms with Crippen molar-refractivity contribution in [3.05, 3.63) is 0 Å². The highest BCUT2D eigenvalue weighted by molar-refractivity contribution is 5.71. The molecule has 0 spiro atoms. The van der Waals surface area contributed by atoms with Crippen LogP contribution < -0.4 is 0 Å². The van der Waals surface area contributed by atoms with Crippen LogP contribution in [0.4, 0.5) is 4.79 Å². The average Bonchev–Trinajstić information content (AvgIpc) is 2.69. The van der Waals surface area contributed by atoms with Crippen molar-refractivity contribution in [1.82, 2.24) is 4.90 Å². The highest BCUT2D eigenvalue weighted by atomic mass is 16.6. The number of carbonyl (C=O) groups is 1. The molecule has 1 saturated carbocycles. The Morgan fingerprint density at radius 3 is 2.59 bits per heavy atom. The van der Waals surface area contributed by atoms with Crippen LogP contribution in [0.3, 0.4) is 0 Å². The number of cyclic esters (lactones) is 1. The highest BCUT2D eigenvalue weighted by Gasteiger charge is 2.48. The third-order valence-corrected chi connectivity index (χ3v) is 4.90. The molecule has 0 unspecified atom stereocenters. The Labute approximate surface area is 104 Å². The fourth-order valence-electron chi connectivity index (χ4n) is 3.99. The Morgan fingerprint density at radius 1 is 1.06 bits per heavy atom. The van der Waals surface area contributed by atoms with Crippen LogP contribution in [0.5, 0.6) is 0 Å². The molecule has 1 aliphatic carbocycles. The fraction of sp³-hybridized carbons (Fsp3) is 0.929. The Bertz CT molecular complexity index is 299. The number of piperidine rings is 1. The maximum Gasteiger partial charge on any atom is 0.410 e. The lowest BCUT2D eigenvalue weighted by atomic mass is 9.80. The van der Waals surface area contributed by atoms with E-state index in [-0.39, 0.29) is 12.2 Å². The zero-order valence-electron chi connectivity index (χ0n) is 10.7. The molecule has 3 heteroatoms. The highest BCUT2D eigenvalue weighted by Crippen LogP contribution is 2.39. The van der Waals surface area contributed by atoms with Crippen LogP contribution in [0.2, 0.25) is 0 Å². The second-order valence-electron chi connectivity index (χ2n) is 6.00. The van der Waals surface area contributed by atoms with E-state index in [0.29, 0.717) is 18.0 Å². The van der Waals surface area contributed by atoms with Gasteiger partial charge in [-0.15, -0.1) is 0 Å². The van der Waals surface area contributed by atoms with E-state index in [2.05, 4.69) is 6.92 Å². The van der Waals surface area contributed by atoms with Crippen molar-refractivity contribution < 1.29 is 9.53 Å². The van der Waals surface area contributed by atoms with Crippen LogP contribution in [0.25, 0.3) is 0 Å². The Balaban J connectivity index is 1.75. The normalized spacial score (nSPS) is 39.0. The summed E-state index contributed by atoms with van der Waals surface area (Å²) in [6.45, 7) is 2.16. The van der Waals surface area contributed by atoms with E-state index in [1.54, 1.807) is 0 Å². The molecule has 0 aromatic heterocycles. The second-order valence-corrected chi connectivity index (χ2v) is 6.00. The van der Waals surface area contributed by atoms with Crippen LogP contribution in [0, 0.1) is 5.92 Å². The summed E-state index contributed by atoms with van der Waals surface area (Å²) in [6.07, 6.45) is 10.2. The van der Waals surface area contributed by atoms with Crippen molar-refractivity contribution in [3.8, 4) is 0 Å². The Kier molecular flexibility index (Phi) is 3.01. The van der Waals surface area contributed by atoms with Crippen LogP contribution in [0.15, 0.2) is 0 Å². The second kappa shape index (κ2) is 4.51. The number of carbonyl (C=O) groups excluding carboxylic acids is 1. The third-order valence-electron chi connectivity index (χ3n) is 4.90. The summed E-state index contributed by atoms with van der Waals surface area (Å²) >= 11 is 0. The molecular weight excluding hydrogens is 214 g/mol. The minimum Gasteiger partial charge on any atom is -0.444 e. The quantitative estimate of drug-likeness (QED) is 0.700. The molecule has 3 nitrogen and oxygen atoms in total. The summed E-state index contributed by atoms with van der Waals surface area (Å²) in [7, 11) is 0. The van der Waals surface area contributed by atoms with Gasteiger partial charge in [0.2, 0.25) is 0 Å². The van der Waals surface area contributed by atoms with Gasteiger partial charge in [0.05, 0.1) is 6.04 Å². The zero-order chi connectivity index (χ0) is 11.8. The molecule has 0 aromatic carbocycles. The molecule has 0 bridgehead atoms. The number of nitrogens with zero attached hydrogens (tertiary/aromatic N) is 1. The SMILES string of the molecule is C[C@@H]1CCC[C@H]2[C@H](C3CCCCC3)OC(=O)N12. The first kappa shape index (κ1) is 11.4. The third kappa shape index (κ3) is 1.94. The number of ether oxygens (including phenoxy) is 1. The number of amides is 1. The van der Waals surface area contributed by atoms with Gasteiger partial charge in [0.25, 0.3) is 0 Å². The van der Waals surface area contributed by atoms with Gasteiger partial charge in [-0.1, -0.05) is 19.3 Å². The Hall–Kier alpha value is -0.730. The molecular formula is C14H23NO2. The molecule has 0 N–H and O–H groups in total. The van der Waals surface area contributed by atoms with Crippen LogP contribution in [-0.4, -0.2) is 29.2 Å². The molecule has 3 rings (SSSR count). The first-order valence-electron chi connectivity index (χ1n) is 7.26. The predicted octanol–water partition coefficient (Wildman–Crippen LogP) is 3.33. The van der Waals surface area contributed by atoms with E-state index in [9.17, 15) is 4.79 Å². The van der Waals surface area contributed by atoms with Crippen LogP contribution in [-0.2, 0) is 4.74 Å². The van der Waals surface area contributed by atoms with Gasteiger partial charge in [-0.2, -0.15) is 0 Å². The number of hydrogen-bond acceptors (Lipinski definition) is 2. The van der Waals surface area contributed by atoms with E-state index >= 15 is 0 Å². The van der Waals surface area contributed by atoms with Gasteiger partial charge in [-0.05, 0) is 44.9 Å². The van der Waals surface area contributed by atoms with Crippen molar-refractivity contribution in [3.63, 3.8) is 0 Å². The molecule has 2 aliphatic heterocycles. The van der Waals surface area contributed by atoms with E-state index in [0.717, 1.165) is 12.8 Å². The minimum absolute atomic E-state index is 0.0437. The maximum absolute atomic E-state index is 12.0. The van der Waals surface area contributed by atoms with Gasteiger partial charge >= 0.3 is 6.09 Å². The maximum atomic E-state index is 12.0. The predicted molar refractivity (Wildman–Crippen MR) is 65.8 cm³/mol. The van der Waals surface area contributed by atoms with Crippen LogP contribution >= 0.6 is 0 Å². The monoisotopic (exact) mass is 237 g/mol. The Morgan fingerprint density at radius 2 is 1.82 bits per heavy atom. The largest absolute Gasteiger partial charge is 0.444 e. The molecule has 3 aliphatic rings. The van der Waals surface area contributed by atoms with E-state index in [1.165, 1.54) is 38.5 Å². The summed E-state index contributed by atoms with van der Waals surface area (Å²) in [5.74, 6) is 0.632. The van der Waals surface area contributed by atoms with Gasteiger partial charge in [0.1, 0.15) is 6.10 Å². The molecule has 0 aromatic rings. The first-order chi connectivity index (χ1) is 8.27. The number of fused-ring (bicyclic) bond motifs is 1. The lowest BCUT2D eigenvalue weighted by Crippen LogP contribution is -2.47. The van der Waals surface area contributed by atoms with Gasteiger partial charge in [0.15, 0.2) is 0 Å². The first-order valence-corrected chi connectivity index (χ1v) is 7.26. The molecule has 0 radical (unpaired) electrons. The van der Waals surface area contributed by atoms with Gasteiger partial charge in [0, 0.05) is 6.04 Å². The lowest BCUT2D eigenvalue weighted by molar-refractivity contribution is 0.0670. The molecule has 3 atom stereocenters. The average molecular weight is 237 g/mol. The smallest absolute Gasteiger partial charge is 0.410 e. The van der Waals surface area contributed by atoms with Crippen molar-refractivity contribution in [2.24, 2.45) is 5.92 Å². The summed E-state index contributed by atoms with van der Waals surface area (Å²) in [6, 6.07) is 0.768. The van der Waals surface area contributed by atoms with Gasteiger partial charge < -0.3 is 4.74 Å². The van der Waals surface area contributed by atoms with Crippen molar-refractivity contribution in [1.29, 1.82) is 0 Å². The topological polar surface area (TPSA) is 29.5 Å². The summed E-state index contributed by atoms with van der Waals surface area (Å²) in [4.78, 5) is 14.0. The summed E-state index contributed by atoms with van der Waals surface area (Å²) in [5, 5.41) is 0. The number of hydrogen-bond donors (Lipinski definition) is 0. The van der Waals surface area contributed by atoms with Gasteiger partial charge in [-0.3, -0.25) is 4.90 Å². The molecule has 2 saturated heterocycles. The lowest BCUT2D eigenvalue weighted by Gasteiger charge is -2.37. The van der Waals surface area contributed by atoms with E-state index < -0.39 is 0 Å². The molecule has 96 valence electrons. The van der Waals surface area contributed by atoms with Crippen LogP contribution in [0.1, 0.15) is 58.3 Å². The molecule has 17 heavy (non-hydrogen) atoms. The van der Waals surface area contributed by atoms with Crippen molar-refractivity contribution in [2.45, 2.75) is 76.5 Å². The van der Waals surface area contributed by atoms with Crippen molar-refractivity contribution in [2.75, 3.05) is 0 Å². The van der Waals surface area contributed by atoms with E-state index in [4.69, 9.17) is 4.74 Å². The summed E-state index contributed by atoms with van der Waals surface area (Å²) in [5.41, 5.74) is 0. The van der Waals surface area contributed by atoms with Gasteiger partial charge in [-0.25, -0.2) is 4.79 Å². The summed E-state index contributed by atoms with van der Waals surface area (Å²) < 4.78 is 5.71. The standard InChI is InChI=1S/C14H23NO2/c1-10-6-5-9-12-13(17-14(16)15(10)12)11-7-3-2-4-8-11/h10-13H,2-9H2,1H3/t10-,12+,13+/m1/s1. The fourth-order valence-corrected chi connectivity index (χ4v) is 3.99. The molecule has 2 heterocycles. The minimum atomic E-state index is -0.0437. The zero-order valence-corrected chi connectivity index (χ0v) is 10.7. The molecule has 1 amide bonds. The number of rotatable bonds is 1. The molecule has 3 fully saturated rings. The van der Waals surface area contributed by atoms with E-state index in [1.807, 2.05) is 4.90 Å².